The molecule has 12 heteroatoms. The van der Waals surface area contributed by atoms with Crippen molar-refractivity contribution in [2.24, 2.45) is 11.8 Å². The highest BCUT2D eigenvalue weighted by molar-refractivity contribution is 7.76. The lowest BCUT2D eigenvalue weighted by molar-refractivity contribution is -0.0907. The van der Waals surface area contributed by atoms with Crippen molar-refractivity contribution in [2.45, 2.75) is 64.1 Å². The summed E-state index contributed by atoms with van der Waals surface area (Å²) >= 11 is -2.53. The zero-order chi connectivity index (χ0) is 30.1. The maximum absolute atomic E-state index is 13.1. The first kappa shape index (κ1) is 32.3. The zero-order valence-corrected chi connectivity index (χ0v) is 24.8. The van der Waals surface area contributed by atoms with Crippen LogP contribution in [-0.2, 0) is 38.3 Å². The Balaban J connectivity index is 1.34. The molecule has 2 aromatic rings. The van der Waals surface area contributed by atoms with Crippen LogP contribution in [0, 0.1) is 17.7 Å². The number of rotatable bonds is 15. The lowest BCUT2D eigenvalue weighted by Gasteiger charge is -2.32. The van der Waals surface area contributed by atoms with Crippen LogP contribution in [0.15, 0.2) is 48.5 Å². The number of fused-ring (bicyclic) bond motifs is 1. The van der Waals surface area contributed by atoms with Crippen molar-refractivity contribution < 1.29 is 42.0 Å². The fraction of sp³-hybridized carbons (Fsp3) is 0.567. The van der Waals surface area contributed by atoms with Crippen LogP contribution in [0.25, 0.3) is 0 Å². The van der Waals surface area contributed by atoms with E-state index in [9.17, 15) is 23.1 Å². The number of aliphatic hydroxyl groups excluding tert-OH is 1. The normalized spacial score (nSPS) is 22.1. The van der Waals surface area contributed by atoms with Crippen LogP contribution in [0.5, 0.6) is 5.75 Å². The highest BCUT2D eigenvalue weighted by Crippen LogP contribution is 2.33. The third kappa shape index (κ3) is 9.72. The van der Waals surface area contributed by atoms with Crippen LogP contribution in [0.1, 0.15) is 37.8 Å². The Morgan fingerprint density at radius 1 is 1.14 bits per heavy atom. The third-order valence-electron chi connectivity index (χ3n) is 7.35. The number of halogens is 1. The average molecular weight is 608 g/mol. The number of hydrogen-bond acceptors (Lipinski definition) is 8. The number of carbonyl (C=O) groups is 1. The van der Waals surface area contributed by atoms with Gasteiger partial charge >= 0.3 is 6.09 Å². The fourth-order valence-corrected chi connectivity index (χ4v) is 5.88. The third-order valence-corrected chi connectivity index (χ3v) is 8.07. The van der Waals surface area contributed by atoms with Crippen LogP contribution >= 0.6 is 0 Å². The number of alkyl carbamates (subject to hydrolysis) is 1. The van der Waals surface area contributed by atoms with E-state index < -0.39 is 35.6 Å². The molecule has 1 amide bonds. The van der Waals surface area contributed by atoms with Crippen molar-refractivity contribution >= 4 is 17.4 Å². The largest absolute Gasteiger partial charge is 0.760 e. The Bertz CT molecular complexity index is 1150. The summed E-state index contributed by atoms with van der Waals surface area (Å²) in [6.07, 6.45) is -0.234. The van der Waals surface area contributed by atoms with Gasteiger partial charge in [-0.05, 0) is 67.0 Å². The summed E-state index contributed by atoms with van der Waals surface area (Å²) in [5, 5.41) is 13.8. The van der Waals surface area contributed by atoms with E-state index in [0.29, 0.717) is 19.0 Å². The van der Waals surface area contributed by atoms with E-state index in [4.69, 9.17) is 18.9 Å². The summed E-state index contributed by atoms with van der Waals surface area (Å²) in [5.74, 6) is 0.429. The average Bonchev–Trinajstić information content (AvgIpc) is 3.57. The Morgan fingerprint density at radius 2 is 1.86 bits per heavy atom. The quantitative estimate of drug-likeness (QED) is 0.233. The topological polar surface area (TPSA) is 130 Å². The van der Waals surface area contributed by atoms with Gasteiger partial charge in [0.1, 0.15) is 17.7 Å². The van der Waals surface area contributed by atoms with Crippen molar-refractivity contribution in [1.29, 1.82) is 0 Å². The van der Waals surface area contributed by atoms with E-state index in [1.807, 2.05) is 38.1 Å². The number of nitrogens with zero attached hydrogens (tertiary/aromatic N) is 1. The van der Waals surface area contributed by atoms with Gasteiger partial charge in [0.05, 0.1) is 37.9 Å². The second-order valence-electron chi connectivity index (χ2n) is 11.2. The first-order valence-electron chi connectivity index (χ1n) is 14.4. The van der Waals surface area contributed by atoms with Gasteiger partial charge in [-0.3, -0.25) is 4.21 Å². The van der Waals surface area contributed by atoms with Gasteiger partial charge in [-0.2, -0.15) is 0 Å². The summed E-state index contributed by atoms with van der Waals surface area (Å²) in [7, 11) is 0. The van der Waals surface area contributed by atoms with Crippen molar-refractivity contribution in [2.75, 3.05) is 32.9 Å². The van der Waals surface area contributed by atoms with Crippen molar-refractivity contribution in [1.82, 2.24) is 9.62 Å². The van der Waals surface area contributed by atoms with Crippen LogP contribution < -0.4 is 10.1 Å². The van der Waals surface area contributed by atoms with Gasteiger partial charge in [-0.1, -0.05) is 38.1 Å². The Labute approximate surface area is 248 Å². The van der Waals surface area contributed by atoms with E-state index in [-0.39, 0.29) is 50.1 Å². The fourth-order valence-electron chi connectivity index (χ4n) is 5.19. The first-order chi connectivity index (χ1) is 20.2. The summed E-state index contributed by atoms with van der Waals surface area (Å²) in [5.41, 5.74) is 1.85. The van der Waals surface area contributed by atoms with Crippen LogP contribution in [0.2, 0.25) is 0 Å². The van der Waals surface area contributed by atoms with E-state index >= 15 is 0 Å². The molecule has 0 spiro atoms. The van der Waals surface area contributed by atoms with Gasteiger partial charge < -0.3 is 33.9 Å². The molecule has 0 saturated carbocycles. The molecule has 1 unspecified atom stereocenters. The standard InChI is InChI=1S/C30H41FN2O8S/c1-20(2)17-33(42(36)37)18-27(34)26(32-30(35)41-28-19-40-29-25(28)13-15-39-29)16-22-7-11-24(12-8-22)38-14-3-4-21-5-9-23(31)10-6-21/h5-12,20,25-29,34H,3-4,13-19H2,1-2H3,(H,32,35)(H,36,37)/p-1/t25-,26-,27+,28-,29+/m0/s1. The molecule has 10 nitrogen and oxygen atoms in total. The highest BCUT2D eigenvalue weighted by atomic mass is 32.2. The molecular weight excluding hydrogens is 567 g/mol. The van der Waals surface area contributed by atoms with Crippen LogP contribution in [-0.4, -0.2) is 81.7 Å². The summed E-state index contributed by atoms with van der Waals surface area (Å²) in [4.78, 5) is 12.9. The maximum atomic E-state index is 13.1. The number of hydrogen-bond donors (Lipinski definition) is 2. The minimum absolute atomic E-state index is 0.0354. The molecule has 2 saturated heterocycles. The van der Waals surface area contributed by atoms with Gasteiger partial charge in [0.25, 0.3) is 0 Å². The number of amides is 1. The number of carbonyl (C=O) groups excluding carboxylic acids is 1. The van der Waals surface area contributed by atoms with Crippen LogP contribution in [0.3, 0.4) is 0 Å². The molecule has 0 aliphatic carbocycles. The number of aliphatic hydroxyl groups is 1. The molecule has 0 bridgehead atoms. The molecule has 2 aliphatic rings. The van der Waals surface area contributed by atoms with E-state index in [1.54, 1.807) is 12.1 Å². The smallest absolute Gasteiger partial charge is 0.407 e. The number of ether oxygens (including phenoxy) is 4. The van der Waals surface area contributed by atoms with Crippen LogP contribution in [0.4, 0.5) is 9.18 Å². The highest BCUT2D eigenvalue weighted by Gasteiger charge is 2.44. The van der Waals surface area contributed by atoms with Gasteiger partial charge in [-0.15, -0.1) is 0 Å². The molecule has 42 heavy (non-hydrogen) atoms. The van der Waals surface area contributed by atoms with Gasteiger partial charge in [0.2, 0.25) is 0 Å². The number of aryl methyl sites for hydroxylation is 1. The van der Waals surface area contributed by atoms with Gasteiger partial charge in [0, 0.05) is 24.4 Å². The lowest BCUT2D eigenvalue weighted by Crippen LogP contribution is -2.51. The van der Waals surface area contributed by atoms with E-state index in [2.05, 4.69) is 5.32 Å². The molecule has 2 aliphatic heterocycles. The monoisotopic (exact) mass is 607 g/mol. The predicted octanol–water partition coefficient (Wildman–Crippen LogP) is 3.35. The molecule has 2 fully saturated rings. The van der Waals surface area contributed by atoms with E-state index in [0.717, 1.165) is 34.7 Å². The molecule has 232 valence electrons. The van der Waals surface area contributed by atoms with Crippen molar-refractivity contribution in [3.8, 4) is 5.75 Å². The summed E-state index contributed by atoms with van der Waals surface area (Å²) < 4.78 is 60.3. The zero-order valence-electron chi connectivity index (χ0n) is 24.0. The minimum Gasteiger partial charge on any atom is -0.760 e. The summed E-state index contributed by atoms with van der Waals surface area (Å²) in [6.45, 7) is 5.09. The molecule has 2 aromatic carbocycles. The summed E-state index contributed by atoms with van der Waals surface area (Å²) in [6, 6.07) is 12.9. The molecule has 0 radical (unpaired) electrons. The predicted molar refractivity (Wildman–Crippen MR) is 153 cm³/mol. The molecule has 2 heterocycles. The Kier molecular flexibility index (Phi) is 12.1. The van der Waals surface area contributed by atoms with Crippen molar-refractivity contribution in [3.05, 3.63) is 65.5 Å². The Morgan fingerprint density at radius 3 is 2.55 bits per heavy atom. The minimum atomic E-state index is -2.53. The molecule has 2 N–H and O–H groups in total. The molecule has 0 aromatic heterocycles. The van der Waals surface area contributed by atoms with Gasteiger partial charge in [-0.25, -0.2) is 13.5 Å². The van der Waals surface area contributed by atoms with Crippen molar-refractivity contribution in [3.63, 3.8) is 0 Å². The second-order valence-corrected chi connectivity index (χ2v) is 12.1. The molecule has 4 rings (SSSR count). The molecule has 6 atom stereocenters. The SMILES string of the molecule is CC(C)CN(C[C@@H](O)[C@H](Cc1ccc(OCCCc2ccc(F)cc2)cc1)NC(=O)O[C@H]1CO[C@H]2OCC[C@H]21)S(=O)[O-]. The number of benzene rings is 2. The lowest BCUT2D eigenvalue weighted by atomic mass is 10.0. The van der Waals surface area contributed by atoms with Gasteiger partial charge in [0.15, 0.2) is 6.29 Å². The second kappa shape index (κ2) is 15.7. The number of nitrogens with one attached hydrogen (secondary N) is 1. The Hall–Kier alpha value is -2.61. The van der Waals surface area contributed by atoms with E-state index in [1.165, 1.54) is 12.1 Å². The maximum Gasteiger partial charge on any atom is 0.407 e. The molecular formula is C30H40FN2O8S-. The first-order valence-corrected chi connectivity index (χ1v) is 15.4.